The highest BCUT2D eigenvalue weighted by Gasteiger charge is 2.26. The smallest absolute Gasteiger partial charge is 0.422 e. The number of piperidine rings is 1. The quantitative estimate of drug-likeness (QED) is 0.402. The van der Waals surface area contributed by atoms with Crippen molar-refractivity contribution >= 4 is 29.2 Å². The van der Waals surface area contributed by atoms with Crippen molar-refractivity contribution in [1.82, 2.24) is 15.2 Å². The maximum atomic E-state index is 11.3. The Hall–Kier alpha value is -2.78. The highest BCUT2D eigenvalue weighted by molar-refractivity contribution is 7.09. The van der Waals surface area contributed by atoms with Crippen molar-refractivity contribution < 1.29 is 24.2 Å². The van der Waals surface area contributed by atoms with Crippen molar-refractivity contribution in [2.75, 3.05) is 26.2 Å². The lowest BCUT2D eigenvalue weighted by atomic mass is 10.1. The molecule has 2 fully saturated rings. The second-order valence-corrected chi connectivity index (χ2v) is 8.86. The van der Waals surface area contributed by atoms with E-state index in [1.165, 1.54) is 5.01 Å². The van der Waals surface area contributed by atoms with Gasteiger partial charge in [0.05, 0.1) is 5.01 Å². The molecule has 2 N–H and O–H groups in total. The minimum absolute atomic E-state index is 0.214. The molecule has 2 saturated heterocycles. The number of carboxylic acid groups (broad SMARTS) is 1. The molecule has 3 heterocycles. The van der Waals surface area contributed by atoms with E-state index in [1.807, 2.05) is 19.1 Å². The van der Waals surface area contributed by atoms with Crippen LogP contribution in [0.2, 0.25) is 0 Å². The lowest BCUT2D eigenvalue weighted by Crippen LogP contribution is -2.28. The Kier molecular flexibility index (Phi) is 8.75. The predicted octanol–water partition coefficient (Wildman–Crippen LogP) is 2.76. The summed E-state index contributed by atoms with van der Waals surface area (Å²) in [7, 11) is 0. The number of amides is 1. The van der Waals surface area contributed by atoms with Gasteiger partial charge in [0.1, 0.15) is 5.75 Å². The van der Waals surface area contributed by atoms with Gasteiger partial charge < -0.3 is 20.1 Å². The molecule has 4 rings (SSSR count). The molecule has 9 heteroatoms. The zero-order chi connectivity index (χ0) is 22.9. The number of hydrogen-bond donors (Lipinski definition) is 2. The first-order chi connectivity index (χ1) is 15.4. The van der Waals surface area contributed by atoms with Crippen LogP contribution in [-0.2, 0) is 20.8 Å². The SMILES string of the molecule is Cc1csc(C2CCN(CCc3ccccc3OC(=O)C(=O)O)C2)n1.O=C1CCCCN1. The van der Waals surface area contributed by atoms with Crippen LogP contribution in [-0.4, -0.2) is 59.0 Å². The van der Waals surface area contributed by atoms with E-state index in [2.05, 4.69) is 20.6 Å². The van der Waals surface area contributed by atoms with Gasteiger partial charge in [-0.1, -0.05) is 18.2 Å². The van der Waals surface area contributed by atoms with Gasteiger partial charge in [-0.15, -0.1) is 11.3 Å². The Labute approximate surface area is 191 Å². The van der Waals surface area contributed by atoms with Crippen LogP contribution in [0.3, 0.4) is 0 Å². The van der Waals surface area contributed by atoms with Crippen LogP contribution in [0.25, 0.3) is 0 Å². The Morgan fingerprint density at radius 3 is 2.75 bits per heavy atom. The average Bonchev–Trinajstić information content (AvgIpc) is 3.43. The molecule has 1 unspecified atom stereocenters. The molecule has 0 aliphatic carbocycles. The zero-order valence-electron chi connectivity index (χ0n) is 18.2. The van der Waals surface area contributed by atoms with E-state index in [4.69, 9.17) is 9.84 Å². The predicted molar refractivity (Wildman–Crippen MR) is 121 cm³/mol. The van der Waals surface area contributed by atoms with Crippen LogP contribution in [0.15, 0.2) is 29.6 Å². The number of aryl methyl sites for hydroxylation is 1. The van der Waals surface area contributed by atoms with Gasteiger partial charge in [-0.3, -0.25) is 4.79 Å². The first kappa shape index (κ1) is 23.9. The van der Waals surface area contributed by atoms with E-state index in [1.54, 1.807) is 23.5 Å². The number of hydrogen-bond acceptors (Lipinski definition) is 7. The summed E-state index contributed by atoms with van der Waals surface area (Å²) >= 11 is 1.72. The second-order valence-electron chi connectivity index (χ2n) is 7.97. The molecule has 1 atom stereocenters. The summed E-state index contributed by atoms with van der Waals surface area (Å²) < 4.78 is 4.95. The van der Waals surface area contributed by atoms with Crippen molar-refractivity contribution in [3.05, 3.63) is 45.9 Å². The first-order valence-corrected chi connectivity index (χ1v) is 11.7. The van der Waals surface area contributed by atoms with Crippen molar-refractivity contribution in [3.8, 4) is 5.75 Å². The van der Waals surface area contributed by atoms with Crippen LogP contribution in [0.5, 0.6) is 5.75 Å². The van der Waals surface area contributed by atoms with Crippen molar-refractivity contribution in [2.24, 2.45) is 0 Å². The van der Waals surface area contributed by atoms with Gasteiger partial charge >= 0.3 is 11.9 Å². The summed E-state index contributed by atoms with van der Waals surface area (Å²) in [5.41, 5.74) is 1.92. The van der Waals surface area contributed by atoms with E-state index in [-0.39, 0.29) is 5.91 Å². The van der Waals surface area contributed by atoms with E-state index in [0.29, 0.717) is 18.1 Å². The van der Waals surface area contributed by atoms with Crippen molar-refractivity contribution in [3.63, 3.8) is 0 Å². The second kappa shape index (κ2) is 11.7. The third-order valence-corrected chi connectivity index (χ3v) is 6.58. The van der Waals surface area contributed by atoms with Crippen LogP contribution in [0.4, 0.5) is 0 Å². The van der Waals surface area contributed by atoms with Gasteiger partial charge in [0, 0.05) is 43.0 Å². The topological polar surface area (TPSA) is 109 Å². The number of likely N-dealkylation sites (tertiary alicyclic amines) is 1. The number of rotatable bonds is 5. The van der Waals surface area contributed by atoms with Crippen molar-refractivity contribution in [2.45, 2.75) is 44.9 Å². The van der Waals surface area contributed by atoms with Crippen LogP contribution in [0.1, 0.15) is 47.9 Å². The van der Waals surface area contributed by atoms with Crippen LogP contribution >= 0.6 is 11.3 Å². The van der Waals surface area contributed by atoms with E-state index in [0.717, 1.165) is 63.1 Å². The normalized spacial score (nSPS) is 18.4. The number of nitrogens with zero attached hydrogens (tertiary/aromatic N) is 2. The number of para-hydroxylation sites is 1. The number of aliphatic carboxylic acids is 1. The Bertz CT molecular complexity index is 937. The van der Waals surface area contributed by atoms with Crippen LogP contribution in [0, 0.1) is 6.92 Å². The monoisotopic (exact) mass is 459 g/mol. The highest BCUT2D eigenvalue weighted by Crippen LogP contribution is 2.30. The number of aromatic nitrogens is 1. The van der Waals surface area contributed by atoms with E-state index in [9.17, 15) is 14.4 Å². The summed E-state index contributed by atoms with van der Waals surface area (Å²) in [6.07, 6.45) is 4.77. The molecule has 8 nitrogen and oxygen atoms in total. The molecule has 0 radical (unpaired) electrons. The fourth-order valence-electron chi connectivity index (χ4n) is 3.76. The third-order valence-electron chi connectivity index (χ3n) is 5.46. The van der Waals surface area contributed by atoms with Gasteiger partial charge in [0.25, 0.3) is 0 Å². The molecule has 1 amide bonds. The average molecular weight is 460 g/mol. The molecule has 2 aliphatic heterocycles. The summed E-state index contributed by atoms with van der Waals surface area (Å²) in [5, 5.41) is 14.7. The number of carboxylic acids is 1. The molecule has 32 heavy (non-hydrogen) atoms. The van der Waals surface area contributed by atoms with Gasteiger partial charge in [-0.25, -0.2) is 14.6 Å². The fraction of sp³-hybridized carbons (Fsp3) is 0.478. The molecule has 0 spiro atoms. The van der Waals surface area contributed by atoms with Gasteiger partial charge in [-0.2, -0.15) is 0 Å². The third kappa shape index (κ3) is 7.13. The number of carbonyl (C=O) groups excluding carboxylic acids is 2. The Balaban J connectivity index is 0.000000352. The largest absolute Gasteiger partial charge is 0.473 e. The first-order valence-electron chi connectivity index (χ1n) is 10.9. The molecule has 0 bridgehead atoms. The summed E-state index contributed by atoms with van der Waals surface area (Å²) in [5.74, 6) is -1.82. The minimum atomic E-state index is -1.59. The van der Waals surface area contributed by atoms with Crippen LogP contribution < -0.4 is 10.1 Å². The number of esters is 1. The minimum Gasteiger partial charge on any atom is -0.473 e. The number of thiazole rings is 1. The zero-order valence-corrected chi connectivity index (χ0v) is 19.0. The maximum Gasteiger partial charge on any atom is 0.422 e. The van der Waals surface area contributed by atoms with Gasteiger partial charge in [0.15, 0.2) is 0 Å². The number of benzene rings is 1. The summed E-state index contributed by atoms with van der Waals surface area (Å²) in [6, 6.07) is 7.08. The number of nitrogens with one attached hydrogen (secondary N) is 1. The molecule has 172 valence electrons. The molecule has 2 aliphatic rings. The molecular formula is C23H29N3O5S. The number of carbonyl (C=O) groups is 3. The van der Waals surface area contributed by atoms with E-state index < -0.39 is 11.9 Å². The molecule has 2 aromatic rings. The van der Waals surface area contributed by atoms with E-state index >= 15 is 0 Å². The molecule has 1 aromatic carbocycles. The Morgan fingerprint density at radius 2 is 2.12 bits per heavy atom. The lowest BCUT2D eigenvalue weighted by molar-refractivity contribution is -0.158. The fourth-order valence-corrected chi connectivity index (χ4v) is 4.68. The lowest BCUT2D eigenvalue weighted by Gasteiger charge is -2.16. The molecular weight excluding hydrogens is 430 g/mol. The number of ether oxygens (including phenoxy) is 1. The van der Waals surface area contributed by atoms with Gasteiger partial charge in [0.2, 0.25) is 5.91 Å². The summed E-state index contributed by atoms with van der Waals surface area (Å²) in [6.45, 7) is 5.73. The standard InChI is InChI=1S/C18H20N2O4S.C5H9NO/c1-12-11-25-16(19-12)14-7-9-20(10-14)8-6-13-4-2-3-5-15(13)24-18(23)17(21)22;7-5-3-1-2-4-6-5/h2-5,11,14H,6-10H2,1H3,(H,21,22);1-4H2,(H,6,7). The molecule has 0 saturated carbocycles. The summed E-state index contributed by atoms with van der Waals surface area (Å²) in [4.78, 5) is 39.3. The molecule has 1 aromatic heterocycles. The Morgan fingerprint density at radius 1 is 1.31 bits per heavy atom. The maximum absolute atomic E-state index is 11.3. The van der Waals surface area contributed by atoms with Gasteiger partial charge in [-0.05, 0) is 50.8 Å². The highest BCUT2D eigenvalue weighted by atomic mass is 32.1. The van der Waals surface area contributed by atoms with Crippen molar-refractivity contribution in [1.29, 1.82) is 0 Å².